The number of nitrogens with two attached hydrogens (primary N) is 1. The molecule has 1 aliphatic rings. The molecule has 1 aliphatic heterocycles. The van der Waals surface area contributed by atoms with Crippen LogP contribution in [0.1, 0.15) is 15.9 Å². The van der Waals surface area contributed by atoms with Gasteiger partial charge in [-0.1, -0.05) is 6.07 Å². The van der Waals surface area contributed by atoms with E-state index in [2.05, 4.69) is 20.2 Å². The second kappa shape index (κ2) is 8.19. The number of carbonyl (C=O) groups excluding carboxylic acids is 1. The van der Waals surface area contributed by atoms with Crippen molar-refractivity contribution >= 4 is 17.3 Å². The van der Waals surface area contributed by atoms with Crippen LogP contribution in [0.15, 0.2) is 61.1 Å². The summed E-state index contributed by atoms with van der Waals surface area (Å²) in [5.74, 6) is 0.926. The Morgan fingerprint density at radius 2 is 1.82 bits per heavy atom. The number of anilines is 2. The minimum atomic E-state index is 0.0120. The van der Waals surface area contributed by atoms with Crippen LogP contribution in [0, 0.1) is 0 Å². The van der Waals surface area contributed by atoms with Crippen molar-refractivity contribution in [1.29, 1.82) is 0 Å². The molecule has 0 radical (unpaired) electrons. The molecule has 142 valence electrons. The molecule has 0 saturated carbocycles. The quantitative estimate of drug-likeness (QED) is 0.528. The van der Waals surface area contributed by atoms with Gasteiger partial charge in [-0.3, -0.25) is 9.78 Å². The summed E-state index contributed by atoms with van der Waals surface area (Å²) in [6.45, 7) is 3.77. The summed E-state index contributed by atoms with van der Waals surface area (Å²) < 4.78 is 0. The number of carbonyl (C=O) groups is 1. The maximum atomic E-state index is 12.8. The SMILES string of the molecule is Nc1ccc(-c2ccncc2)cc1CC(=O)c1ccc(N2CCNCC2)nc1. The van der Waals surface area contributed by atoms with Crippen LogP contribution in [0.2, 0.25) is 0 Å². The first kappa shape index (κ1) is 18.1. The number of aromatic nitrogens is 2. The summed E-state index contributed by atoms with van der Waals surface area (Å²) in [6.07, 6.45) is 5.42. The van der Waals surface area contributed by atoms with Gasteiger partial charge in [0.15, 0.2) is 5.78 Å². The third-order valence-corrected chi connectivity index (χ3v) is 5.02. The van der Waals surface area contributed by atoms with Gasteiger partial charge < -0.3 is 16.0 Å². The highest BCUT2D eigenvalue weighted by molar-refractivity contribution is 5.98. The first-order valence-electron chi connectivity index (χ1n) is 9.44. The summed E-state index contributed by atoms with van der Waals surface area (Å²) in [4.78, 5) is 23.5. The number of nitrogens with zero attached hydrogens (tertiary/aromatic N) is 3. The topological polar surface area (TPSA) is 84.1 Å². The van der Waals surface area contributed by atoms with Gasteiger partial charge in [-0.05, 0) is 53.1 Å². The highest BCUT2D eigenvalue weighted by Gasteiger charge is 2.14. The Kier molecular flexibility index (Phi) is 5.30. The van der Waals surface area contributed by atoms with Crippen LogP contribution < -0.4 is 16.0 Å². The molecule has 6 heteroatoms. The summed E-state index contributed by atoms with van der Waals surface area (Å²) >= 11 is 0. The number of nitrogens with one attached hydrogen (secondary N) is 1. The number of pyridine rings is 2. The molecule has 0 amide bonds. The molecular weight excluding hydrogens is 350 g/mol. The number of hydrogen-bond donors (Lipinski definition) is 2. The Balaban J connectivity index is 1.50. The van der Waals surface area contributed by atoms with Crippen molar-refractivity contribution in [1.82, 2.24) is 15.3 Å². The van der Waals surface area contributed by atoms with Crippen LogP contribution in [0.5, 0.6) is 0 Å². The van der Waals surface area contributed by atoms with Crippen LogP contribution >= 0.6 is 0 Å². The van der Waals surface area contributed by atoms with Crippen LogP contribution in [0.3, 0.4) is 0 Å². The fourth-order valence-electron chi connectivity index (χ4n) is 3.39. The van der Waals surface area contributed by atoms with Gasteiger partial charge in [0, 0.05) is 62.4 Å². The fourth-order valence-corrected chi connectivity index (χ4v) is 3.39. The van der Waals surface area contributed by atoms with Crippen molar-refractivity contribution in [3.63, 3.8) is 0 Å². The largest absolute Gasteiger partial charge is 0.398 e. The average Bonchev–Trinajstić information content (AvgIpc) is 2.76. The van der Waals surface area contributed by atoms with Crippen molar-refractivity contribution in [2.75, 3.05) is 36.8 Å². The molecule has 0 bridgehead atoms. The van der Waals surface area contributed by atoms with Gasteiger partial charge in [0.1, 0.15) is 5.82 Å². The van der Waals surface area contributed by atoms with Crippen molar-refractivity contribution < 1.29 is 4.79 Å². The van der Waals surface area contributed by atoms with E-state index < -0.39 is 0 Å². The van der Waals surface area contributed by atoms with Crippen molar-refractivity contribution in [3.05, 3.63) is 72.2 Å². The molecule has 2 aromatic heterocycles. The summed E-state index contributed by atoms with van der Waals surface area (Å²) in [7, 11) is 0. The third kappa shape index (κ3) is 4.02. The Morgan fingerprint density at radius 1 is 1.04 bits per heavy atom. The van der Waals surface area contributed by atoms with E-state index >= 15 is 0 Å². The predicted molar refractivity (Wildman–Crippen MR) is 111 cm³/mol. The molecule has 1 saturated heterocycles. The molecule has 1 aromatic carbocycles. The first-order chi connectivity index (χ1) is 13.7. The van der Waals surface area contributed by atoms with E-state index in [1.807, 2.05) is 42.5 Å². The lowest BCUT2D eigenvalue weighted by Gasteiger charge is -2.28. The minimum Gasteiger partial charge on any atom is -0.398 e. The molecule has 1 fully saturated rings. The Hall–Kier alpha value is -3.25. The molecule has 3 heterocycles. The van der Waals surface area contributed by atoms with E-state index in [-0.39, 0.29) is 12.2 Å². The lowest BCUT2D eigenvalue weighted by molar-refractivity contribution is 0.0993. The molecular formula is C22H23N5O. The summed E-state index contributed by atoms with van der Waals surface area (Å²) in [5, 5.41) is 3.32. The Labute approximate surface area is 164 Å². The number of nitrogen functional groups attached to an aromatic ring is 1. The highest BCUT2D eigenvalue weighted by Crippen LogP contribution is 2.24. The predicted octanol–water partition coefficient (Wildman–Crippen LogP) is 2.56. The van der Waals surface area contributed by atoms with Crippen LogP contribution in [0.25, 0.3) is 11.1 Å². The molecule has 28 heavy (non-hydrogen) atoms. The molecule has 3 aromatic rings. The molecule has 4 rings (SSSR count). The van der Waals surface area contributed by atoms with E-state index in [1.54, 1.807) is 18.6 Å². The first-order valence-corrected chi connectivity index (χ1v) is 9.44. The van der Waals surface area contributed by atoms with Crippen LogP contribution in [-0.4, -0.2) is 41.9 Å². The second-order valence-electron chi connectivity index (χ2n) is 6.89. The van der Waals surface area contributed by atoms with E-state index in [0.29, 0.717) is 11.3 Å². The third-order valence-electron chi connectivity index (χ3n) is 5.02. The van der Waals surface area contributed by atoms with Gasteiger partial charge in [0.05, 0.1) is 0 Å². The maximum absolute atomic E-state index is 12.8. The second-order valence-corrected chi connectivity index (χ2v) is 6.89. The number of benzene rings is 1. The number of Topliss-reactive ketones (excluding diaryl/α,β-unsaturated/α-hetero) is 1. The van der Waals surface area contributed by atoms with Crippen LogP contribution in [-0.2, 0) is 6.42 Å². The maximum Gasteiger partial charge on any atom is 0.168 e. The number of ketones is 1. The van der Waals surface area contributed by atoms with E-state index in [1.165, 1.54) is 0 Å². The van der Waals surface area contributed by atoms with Crippen molar-refractivity contribution in [2.24, 2.45) is 0 Å². The number of hydrogen-bond acceptors (Lipinski definition) is 6. The fraction of sp³-hybridized carbons (Fsp3) is 0.227. The lowest BCUT2D eigenvalue weighted by atomic mass is 9.98. The zero-order chi connectivity index (χ0) is 19.3. The van der Waals surface area contributed by atoms with Gasteiger partial charge in [0.25, 0.3) is 0 Å². The molecule has 0 aliphatic carbocycles. The van der Waals surface area contributed by atoms with Crippen molar-refractivity contribution in [3.8, 4) is 11.1 Å². The van der Waals surface area contributed by atoms with Gasteiger partial charge >= 0.3 is 0 Å². The Bertz CT molecular complexity index is 950. The monoisotopic (exact) mass is 373 g/mol. The molecule has 0 atom stereocenters. The van der Waals surface area contributed by atoms with Gasteiger partial charge in [0.2, 0.25) is 0 Å². The smallest absolute Gasteiger partial charge is 0.168 e. The van der Waals surface area contributed by atoms with E-state index in [0.717, 1.165) is 48.7 Å². The molecule has 6 nitrogen and oxygen atoms in total. The zero-order valence-electron chi connectivity index (χ0n) is 15.6. The zero-order valence-corrected chi connectivity index (χ0v) is 15.6. The minimum absolute atomic E-state index is 0.0120. The lowest BCUT2D eigenvalue weighted by Crippen LogP contribution is -2.43. The van der Waals surface area contributed by atoms with Crippen molar-refractivity contribution in [2.45, 2.75) is 6.42 Å². The van der Waals surface area contributed by atoms with E-state index in [4.69, 9.17) is 5.73 Å². The standard InChI is InChI=1S/C22H23N5O/c23-20-3-1-17(16-5-7-24-8-6-16)13-19(20)14-21(28)18-2-4-22(26-15-18)27-11-9-25-10-12-27/h1-8,13,15,25H,9-12,14,23H2. The highest BCUT2D eigenvalue weighted by atomic mass is 16.1. The number of rotatable bonds is 5. The van der Waals surface area contributed by atoms with Gasteiger partial charge in [-0.25, -0.2) is 4.98 Å². The molecule has 0 unspecified atom stereocenters. The average molecular weight is 373 g/mol. The van der Waals surface area contributed by atoms with Crippen LogP contribution in [0.4, 0.5) is 11.5 Å². The van der Waals surface area contributed by atoms with E-state index in [9.17, 15) is 4.79 Å². The van der Waals surface area contributed by atoms with Gasteiger partial charge in [-0.15, -0.1) is 0 Å². The molecule has 0 spiro atoms. The Morgan fingerprint density at radius 3 is 2.54 bits per heavy atom. The summed E-state index contributed by atoms with van der Waals surface area (Å²) in [5.41, 5.74) is 10.2. The summed E-state index contributed by atoms with van der Waals surface area (Å²) in [6, 6.07) is 13.5. The van der Waals surface area contributed by atoms with Gasteiger partial charge in [-0.2, -0.15) is 0 Å². The number of piperazine rings is 1. The molecule has 3 N–H and O–H groups in total. The normalized spacial score (nSPS) is 14.1.